The van der Waals surface area contributed by atoms with E-state index in [1.807, 2.05) is 66.7 Å². The zero-order valence-electron chi connectivity index (χ0n) is 13.7. The number of carbonyl (C=O) groups is 1. The molecule has 0 aliphatic heterocycles. The summed E-state index contributed by atoms with van der Waals surface area (Å²) in [6.07, 6.45) is 2.79. The largest absolute Gasteiger partial charge is 0.359 e. The number of hydrogen-bond acceptors (Lipinski definition) is 4. The second-order valence-corrected chi connectivity index (χ2v) is 5.79. The lowest BCUT2D eigenvalue weighted by Gasteiger charge is -2.00. The molecule has 0 saturated heterocycles. The average molecular weight is 342 g/mol. The predicted molar refractivity (Wildman–Crippen MR) is 98.2 cm³/mol. The maximum atomic E-state index is 12.5. The normalized spacial score (nSPS) is 11.2. The number of ketones is 1. The van der Waals surface area contributed by atoms with Gasteiger partial charge in [0.25, 0.3) is 5.69 Å². The molecule has 4 aromatic rings. The van der Waals surface area contributed by atoms with Crippen LogP contribution in [-0.4, -0.2) is 10.9 Å². The molecule has 5 nitrogen and oxygen atoms in total. The zero-order valence-corrected chi connectivity index (χ0v) is 13.7. The van der Waals surface area contributed by atoms with Gasteiger partial charge in [0.05, 0.1) is 0 Å². The molecule has 0 fully saturated rings. The Morgan fingerprint density at radius 2 is 1.69 bits per heavy atom. The summed E-state index contributed by atoms with van der Waals surface area (Å²) >= 11 is 0. The van der Waals surface area contributed by atoms with Gasteiger partial charge in [-0.3, -0.25) is 9.42 Å². The summed E-state index contributed by atoms with van der Waals surface area (Å²) in [4.78, 5) is 12.8. The van der Waals surface area contributed by atoms with Crippen molar-refractivity contribution in [2.45, 2.75) is 0 Å². The maximum absolute atomic E-state index is 12.5. The van der Waals surface area contributed by atoms with Gasteiger partial charge in [-0.05, 0) is 33.9 Å². The third-order valence-corrected chi connectivity index (χ3v) is 4.12. The Bertz CT molecular complexity index is 1110. The highest BCUT2D eigenvalue weighted by Crippen LogP contribution is 2.21. The first-order chi connectivity index (χ1) is 12.7. The minimum atomic E-state index is -0.198. The molecule has 0 saturated carbocycles. The fraction of sp³-hybridized carbons (Fsp3) is 0. The van der Waals surface area contributed by atoms with Crippen LogP contribution < -0.4 is 4.90 Å². The van der Waals surface area contributed by atoms with Crippen molar-refractivity contribution in [2.75, 3.05) is 0 Å². The summed E-state index contributed by atoms with van der Waals surface area (Å²) in [5.74, 6) is -0.198. The van der Waals surface area contributed by atoms with Crippen molar-refractivity contribution >= 4 is 22.6 Å². The summed E-state index contributed by atoms with van der Waals surface area (Å²) in [5.41, 5.74) is 1.87. The lowest BCUT2D eigenvalue weighted by Crippen LogP contribution is -2.26. The highest BCUT2D eigenvalue weighted by atomic mass is 16.8. The van der Waals surface area contributed by atoms with Crippen LogP contribution in [-0.2, 0) is 0 Å². The molecule has 0 atom stereocenters. The van der Waals surface area contributed by atoms with Gasteiger partial charge in [0, 0.05) is 16.3 Å². The Kier molecular flexibility index (Phi) is 4.03. The SMILES string of the molecule is O=C(/C=C/c1c(-c2ccccc2)no[n+]1[O-])c1ccc2ccccc2c1. The van der Waals surface area contributed by atoms with Crippen molar-refractivity contribution in [3.63, 3.8) is 0 Å². The number of hydrogen-bond donors (Lipinski definition) is 0. The van der Waals surface area contributed by atoms with Crippen molar-refractivity contribution in [2.24, 2.45) is 0 Å². The molecule has 0 aliphatic carbocycles. The van der Waals surface area contributed by atoms with Crippen LogP contribution in [0.5, 0.6) is 0 Å². The van der Waals surface area contributed by atoms with Crippen LogP contribution in [0.25, 0.3) is 28.1 Å². The Morgan fingerprint density at radius 1 is 0.962 bits per heavy atom. The molecule has 1 heterocycles. The number of aromatic nitrogens is 2. The molecule has 3 aromatic carbocycles. The van der Waals surface area contributed by atoms with Gasteiger partial charge in [0.2, 0.25) is 5.69 Å². The van der Waals surface area contributed by atoms with Crippen molar-refractivity contribution in [3.05, 3.63) is 95.3 Å². The molecule has 4 rings (SSSR count). The average Bonchev–Trinajstić information content (AvgIpc) is 3.07. The first kappa shape index (κ1) is 15.8. The molecule has 0 aliphatic rings. The minimum absolute atomic E-state index is 0.185. The lowest BCUT2D eigenvalue weighted by molar-refractivity contribution is -0.803. The molecular weight excluding hydrogens is 328 g/mol. The Labute approximate surface area is 149 Å². The van der Waals surface area contributed by atoms with E-state index in [4.69, 9.17) is 4.63 Å². The van der Waals surface area contributed by atoms with Gasteiger partial charge in [-0.1, -0.05) is 66.7 Å². The fourth-order valence-corrected chi connectivity index (χ4v) is 2.78. The van der Waals surface area contributed by atoms with Crippen molar-refractivity contribution in [3.8, 4) is 11.3 Å². The summed E-state index contributed by atoms with van der Waals surface area (Å²) in [6, 6.07) is 22.5. The molecule has 0 unspecified atom stereocenters. The molecule has 126 valence electrons. The highest BCUT2D eigenvalue weighted by molar-refractivity contribution is 6.08. The first-order valence-corrected chi connectivity index (χ1v) is 8.09. The zero-order chi connectivity index (χ0) is 17.9. The van der Waals surface area contributed by atoms with Crippen molar-refractivity contribution < 1.29 is 14.3 Å². The van der Waals surface area contributed by atoms with E-state index in [9.17, 15) is 10.0 Å². The van der Waals surface area contributed by atoms with Gasteiger partial charge >= 0.3 is 0 Å². The van der Waals surface area contributed by atoms with Crippen LogP contribution in [0.1, 0.15) is 16.1 Å². The van der Waals surface area contributed by atoms with Crippen LogP contribution in [0.2, 0.25) is 0 Å². The van der Waals surface area contributed by atoms with Crippen molar-refractivity contribution in [1.82, 2.24) is 5.16 Å². The van der Waals surface area contributed by atoms with Gasteiger partial charge < -0.3 is 5.21 Å². The third kappa shape index (κ3) is 2.98. The standard InChI is InChI=1S/C21H14N2O3/c24-20(18-11-10-15-6-4-5-9-17(15)14-18)13-12-19-21(22-26-23(19)25)16-7-2-1-3-8-16/h1-14H/b13-12+. The second kappa shape index (κ2) is 6.64. The number of rotatable bonds is 4. The lowest BCUT2D eigenvalue weighted by atomic mass is 10.0. The minimum Gasteiger partial charge on any atom is -0.359 e. The van der Waals surface area contributed by atoms with E-state index < -0.39 is 0 Å². The molecule has 0 radical (unpaired) electrons. The van der Waals surface area contributed by atoms with Crippen LogP contribution in [0.15, 0.2) is 83.5 Å². The molecule has 0 amide bonds. The van der Waals surface area contributed by atoms with E-state index in [-0.39, 0.29) is 11.5 Å². The van der Waals surface area contributed by atoms with E-state index in [0.717, 1.165) is 16.3 Å². The smallest absolute Gasteiger partial charge is 0.255 e. The van der Waals surface area contributed by atoms with Gasteiger partial charge in [0.1, 0.15) is 0 Å². The van der Waals surface area contributed by atoms with Crippen LogP contribution in [0.4, 0.5) is 0 Å². The first-order valence-electron chi connectivity index (χ1n) is 8.09. The molecule has 5 heteroatoms. The number of nitrogens with zero attached hydrogens (tertiary/aromatic N) is 2. The summed E-state index contributed by atoms with van der Waals surface area (Å²) in [7, 11) is 0. The Morgan fingerprint density at radius 3 is 2.50 bits per heavy atom. The summed E-state index contributed by atoms with van der Waals surface area (Å²) in [6.45, 7) is 0. The van der Waals surface area contributed by atoms with E-state index in [2.05, 4.69) is 5.16 Å². The quantitative estimate of drug-likeness (QED) is 0.319. The second-order valence-electron chi connectivity index (χ2n) is 5.79. The molecule has 0 spiro atoms. The van der Waals surface area contributed by atoms with E-state index in [1.54, 1.807) is 6.07 Å². The van der Waals surface area contributed by atoms with Gasteiger partial charge in [-0.25, -0.2) is 0 Å². The number of carbonyl (C=O) groups excluding carboxylic acids is 1. The summed E-state index contributed by atoms with van der Waals surface area (Å²) in [5, 5.41) is 17.7. The fourth-order valence-electron chi connectivity index (χ4n) is 2.78. The Balaban J connectivity index is 1.65. The Hall–Kier alpha value is -3.73. The van der Waals surface area contributed by atoms with E-state index in [0.29, 0.717) is 16.2 Å². The van der Waals surface area contributed by atoms with Crippen LogP contribution in [0, 0.1) is 5.21 Å². The van der Waals surface area contributed by atoms with Crippen molar-refractivity contribution in [1.29, 1.82) is 0 Å². The maximum Gasteiger partial charge on any atom is 0.255 e. The number of fused-ring (bicyclic) bond motifs is 1. The molecular formula is C21H14N2O3. The van der Waals surface area contributed by atoms with Gasteiger partial charge in [0.15, 0.2) is 5.78 Å². The number of allylic oxidation sites excluding steroid dienone is 1. The summed E-state index contributed by atoms with van der Waals surface area (Å²) < 4.78 is 4.69. The monoisotopic (exact) mass is 342 g/mol. The molecule has 26 heavy (non-hydrogen) atoms. The van der Waals surface area contributed by atoms with Crippen LogP contribution >= 0.6 is 0 Å². The van der Waals surface area contributed by atoms with E-state index in [1.165, 1.54) is 12.2 Å². The highest BCUT2D eigenvalue weighted by Gasteiger charge is 2.18. The molecule has 0 N–H and O–H groups in total. The third-order valence-electron chi connectivity index (χ3n) is 4.12. The topological polar surface area (TPSA) is 70.0 Å². The molecule has 1 aromatic heterocycles. The van der Waals surface area contributed by atoms with Gasteiger partial charge in [-0.15, -0.1) is 0 Å². The number of benzene rings is 3. The van der Waals surface area contributed by atoms with E-state index >= 15 is 0 Å². The van der Waals surface area contributed by atoms with Gasteiger partial charge in [-0.2, -0.15) is 0 Å². The van der Waals surface area contributed by atoms with Crippen LogP contribution in [0.3, 0.4) is 0 Å². The predicted octanol–water partition coefficient (Wildman–Crippen LogP) is 4.02. The molecule has 0 bridgehead atoms.